The van der Waals surface area contributed by atoms with E-state index in [1.54, 1.807) is 0 Å². The van der Waals surface area contributed by atoms with Gasteiger partial charge in [0.1, 0.15) is 0 Å². The van der Waals surface area contributed by atoms with Gasteiger partial charge in [-0.3, -0.25) is 0 Å². The van der Waals surface area contributed by atoms with E-state index in [0.717, 1.165) is 0 Å². The van der Waals surface area contributed by atoms with E-state index in [1.165, 1.54) is 5.56 Å². The molecule has 52 valence electrons. The van der Waals surface area contributed by atoms with Gasteiger partial charge in [-0.1, -0.05) is 0 Å². The molecule has 1 heterocycles. The number of hydrogen-bond acceptors (Lipinski definition) is 0. The molecule has 0 unspecified atom stereocenters. The Morgan fingerprint density at radius 1 is 1.10 bits per heavy atom. The predicted molar refractivity (Wildman–Crippen MR) is 46.5 cm³/mol. The molecule has 0 aromatic carbocycles. The molecule has 0 radical (unpaired) electrons. The minimum absolute atomic E-state index is 0.293. The normalized spacial score (nSPS) is 11.1. The summed E-state index contributed by atoms with van der Waals surface area (Å²) >= 11 is 0. The summed E-state index contributed by atoms with van der Waals surface area (Å²) in [5.74, 6) is 4.17. The molecule has 0 spiro atoms. The van der Waals surface area contributed by atoms with Crippen LogP contribution >= 0.6 is 0 Å². The zero-order valence-corrected chi connectivity index (χ0v) is 6.89. The van der Waals surface area contributed by atoms with Crippen LogP contribution in [-0.2, 0) is 5.41 Å². The SMILES string of the molecule is CC(C)(C)c1ccbcc1. The molecular weight excluding hydrogens is 119 g/mol. The van der Waals surface area contributed by atoms with Crippen LogP contribution in [0.2, 0.25) is 0 Å². The summed E-state index contributed by atoms with van der Waals surface area (Å²) in [6, 6.07) is 4.33. The Bertz CT molecular complexity index is 196. The van der Waals surface area contributed by atoms with Crippen LogP contribution in [0, 0.1) is 0 Å². The van der Waals surface area contributed by atoms with Crippen molar-refractivity contribution in [3.63, 3.8) is 0 Å². The van der Waals surface area contributed by atoms with Gasteiger partial charge in [0.05, 0.1) is 0 Å². The molecule has 10 heavy (non-hydrogen) atoms. The van der Waals surface area contributed by atoms with Crippen molar-refractivity contribution in [3.8, 4) is 0 Å². The zero-order chi connectivity index (χ0) is 7.61. The number of rotatable bonds is 0. The monoisotopic (exact) mass is 132 g/mol. The van der Waals surface area contributed by atoms with Gasteiger partial charge in [0, 0.05) is 0 Å². The van der Waals surface area contributed by atoms with Crippen LogP contribution in [0.25, 0.3) is 0 Å². The van der Waals surface area contributed by atoms with Crippen LogP contribution in [0.5, 0.6) is 0 Å². The molecule has 0 aliphatic carbocycles. The molecule has 1 heteroatoms. The summed E-state index contributed by atoms with van der Waals surface area (Å²) in [5.41, 5.74) is 1.69. The molecule has 0 aliphatic rings. The van der Waals surface area contributed by atoms with Gasteiger partial charge in [-0.25, -0.2) is 0 Å². The Balaban J connectivity index is 2.97. The maximum absolute atomic E-state index is 2.22. The van der Waals surface area contributed by atoms with E-state index in [-0.39, 0.29) is 0 Å². The van der Waals surface area contributed by atoms with E-state index < -0.39 is 0 Å². The second kappa shape index (κ2) is 2.57. The summed E-state index contributed by atoms with van der Waals surface area (Å²) < 4.78 is 0. The van der Waals surface area contributed by atoms with Crippen molar-refractivity contribution in [1.82, 2.24) is 0 Å². The third-order valence-corrected chi connectivity index (χ3v) is 1.64. The van der Waals surface area contributed by atoms with Crippen LogP contribution < -0.4 is 0 Å². The second-order valence-electron chi connectivity index (χ2n) is 3.62. The Morgan fingerprint density at radius 3 is 1.90 bits per heavy atom. The van der Waals surface area contributed by atoms with Crippen LogP contribution in [-0.4, -0.2) is 6.91 Å². The van der Waals surface area contributed by atoms with E-state index in [2.05, 4.69) is 51.7 Å². The molecule has 0 amide bonds. The second-order valence-corrected chi connectivity index (χ2v) is 3.62. The fourth-order valence-corrected chi connectivity index (χ4v) is 0.938. The minimum atomic E-state index is 0.293. The summed E-state index contributed by atoms with van der Waals surface area (Å²) in [6.45, 7) is 8.72. The van der Waals surface area contributed by atoms with Crippen molar-refractivity contribution in [2.75, 3.05) is 0 Å². The Kier molecular flexibility index (Phi) is 1.93. The van der Waals surface area contributed by atoms with Crippen molar-refractivity contribution < 1.29 is 0 Å². The van der Waals surface area contributed by atoms with Crippen molar-refractivity contribution in [2.45, 2.75) is 26.2 Å². The first-order chi connectivity index (χ1) is 4.61. The summed E-state index contributed by atoms with van der Waals surface area (Å²) in [4.78, 5) is 0. The van der Waals surface area contributed by atoms with Crippen molar-refractivity contribution in [2.24, 2.45) is 0 Å². The molecule has 0 atom stereocenters. The van der Waals surface area contributed by atoms with Crippen LogP contribution in [0.15, 0.2) is 24.1 Å². The van der Waals surface area contributed by atoms with Gasteiger partial charge in [0.25, 0.3) is 0 Å². The molecule has 0 fully saturated rings. The van der Waals surface area contributed by atoms with E-state index in [0.29, 0.717) is 5.41 Å². The van der Waals surface area contributed by atoms with E-state index >= 15 is 0 Å². The molecule has 0 N–H and O–H groups in total. The molecule has 0 aliphatic heterocycles. The van der Waals surface area contributed by atoms with E-state index in [4.69, 9.17) is 0 Å². The molecule has 0 saturated carbocycles. The standard InChI is InChI=1S/C9H13B/c1-9(2,3)8-4-6-10-7-5-8/h4-7H,1-3H3. The molecule has 1 aromatic rings. The Labute approximate surface area is 63.5 Å². The van der Waals surface area contributed by atoms with Crippen LogP contribution in [0.1, 0.15) is 26.3 Å². The molecular formula is C9H13B. The molecule has 0 bridgehead atoms. The van der Waals surface area contributed by atoms with Gasteiger partial charge in [-0.15, -0.1) is 0 Å². The number of hydrogen-bond donors (Lipinski definition) is 0. The molecule has 0 nitrogen and oxygen atoms in total. The van der Waals surface area contributed by atoms with Crippen molar-refractivity contribution in [3.05, 3.63) is 29.6 Å². The fraction of sp³-hybridized carbons (Fsp3) is 0.444. The average Bonchev–Trinajstić information content (AvgIpc) is 1.88. The predicted octanol–water partition coefficient (Wildman–Crippen LogP) is 2.32. The fourth-order valence-electron chi connectivity index (χ4n) is 0.938. The van der Waals surface area contributed by atoms with Crippen molar-refractivity contribution >= 4 is 6.91 Å². The van der Waals surface area contributed by atoms with Gasteiger partial charge in [-0.2, -0.15) is 0 Å². The maximum atomic E-state index is 2.22. The first-order valence-electron chi connectivity index (χ1n) is 3.66. The van der Waals surface area contributed by atoms with Crippen LogP contribution in [0.4, 0.5) is 0 Å². The van der Waals surface area contributed by atoms with Gasteiger partial charge < -0.3 is 0 Å². The van der Waals surface area contributed by atoms with Crippen molar-refractivity contribution in [1.29, 1.82) is 0 Å². The zero-order valence-electron chi connectivity index (χ0n) is 6.89. The van der Waals surface area contributed by atoms with Gasteiger partial charge in [0.15, 0.2) is 0 Å². The first kappa shape index (κ1) is 7.52. The van der Waals surface area contributed by atoms with Gasteiger partial charge in [-0.05, 0) is 0 Å². The average molecular weight is 132 g/mol. The molecule has 0 saturated heterocycles. The van der Waals surface area contributed by atoms with Gasteiger partial charge >= 0.3 is 62.7 Å². The third-order valence-electron chi connectivity index (χ3n) is 1.64. The summed E-state index contributed by atoms with van der Waals surface area (Å²) in [5, 5.41) is 0. The summed E-state index contributed by atoms with van der Waals surface area (Å²) in [6.07, 6.45) is 0. The Morgan fingerprint density at radius 2 is 1.60 bits per heavy atom. The molecule has 1 rings (SSSR count). The van der Waals surface area contributed by atoms with E-state index in [1.807, 2.05) is 0 Å². The van der Waals surface area contributed by atoms with Crippen LogP contribution in [0.3, 0.4) is 0 Å². The molecule has 1 aromatic heterocycles. The van der Waals surface area contributed by atoms with E-state index in [9.17, 15) is 0 Å². The first-order valence-corrected chi connectivity index (χ1v) is 3.66. The summed E-state index contributed by atoms with van der Waals surface area (Å²) in [7, 11) is 0. The third kappa shape index (κ3) is 1.70. The quantitative estimate of drug-likeness (QED) is 0.508. The topological polar surface area (TPSA) is 0 Å². The van der Waals surface area contributed by atoms with Gasteiger partial charge in [0.2, 0.25) is 0 Å². The Hall–Kier alpha value is -0.585.